The summed E-state index contributed by atoms with van der Waals surface area (Å²) in [4.78, 5) is 8.15. The molecule has 1 heterocycles. The Bertz CT molecular complexity index is 998. The van der Waals surface area contributed by atoms with Crippen molar-refractivity contribution in [1.29, 1.82) is 0 Å². The van der Waals surface area contributed by atoms with Crippen LogP contribution in [0.2, 0.25) is 0 Å². The summed E-state index contributed by atoms with van der Waals surface area (Å²) in [6, 6.07) is 10.1. The fourth-order valence-electron chi connectivity index (χ4n) is 1.94. The van der Waals surface area contributed by atoms with Gasteiger partial charge in [0.15, 0.2) is 5.13 Å². The molecule has 0 aliphatic carbocycles. The summed E-state index contributed by atoms with van der Waals surface area (Å²) < 4.78 is 26.8. The minimum Gasteiger partial charge on any atom is -0.508 e. The van der Waals surface area contributed by atoms with Crippen molar-refractivity contribution in [3.63, 3.8) is 0 Å². The molecule has 0 amide bonds. The minimum atomic E-state index is -3.70. The quantitative estimate of drug-likeness (QED) is 0.593. The van der Waals surface area contributed by atoms with Crippen LogP contribution in [0.25, 0.3) is 0 Å². The summed E-state index contributed by atoms with van der Waals surface area (Å²) in [5.41, 5.74) is 0.945. The number of hydrogen-bond acceptors (Lipinski definition) is 7. The van der Waals surface area contributed by atoms with Crippen molar-refractivity contribution in [2.75, 3.05) is 4.72 Å². The molecule has 0 radical (unpaired) electrons. The van der Waals surface area contributed by atoms with Crippen molar-refractivity contribution < 1.29 is 18.6 Å². The maximum absolute atomic E-state index is 12.2. The molecule has 0 bridgehead atoms. The summed E-state index contributed by atoms with van der Waals surface area (Å²) in [6.07, 6.45) is 2.94. The highest BCUT2D eigenvalue weighted by Gasteiger charge is 2.15. The van der Waals surface area contributed by atoms with E-state index in [9.17, 15) is 18.6 Å². The Hall–Kier alpha value is -2.91. The number of hydrogen-bond donors (Lipinski definition) is 3. The zero-order chi connectivity index (χ0) is 17.9. The van der Waals surface area contributed by atoms with E-state index in [1.54, 1.807) is 17.5 Å². The van der Waals surface area contributed by atoms with Crippen molar-refractivity contribution in [2.45, 2.75) is 4.90 Å². The van der Waals surface area contributed by atoms with E-state index in [1.807, 2.05) is 0 Å². The molecule has 3 rings (SSSR count). The summed E-state index contributed by atoms with van der Waals surface area (Å²) in [6.45, 7) is 0. The van der Waals surface area contributed by atoms with Crippen LogP contribution in [0.3, 0.4) is 0 Å². The first-order valence-corrected chi connectivity index (χ1v) is 9.39. The van der Waals surface area contributed by atoms with Gasteiger partial charge in [0.25, 0.3) is 10.0 Å². The van der Waals surface area contributed by atoms with Crippen LogP contribution in [-0.4, -0.2) is 29.8 Å². The van der Waals surface area contributed by atoms with Gasteiger partial charge in [0.05, 0.1) is 10.6 Å². The van der Waals surface area contributed by atoms with Crippen molar-refractivity contribution in [3.8, 4) is 11.5 Å². The third kappa shape index (κ3) is 4.14. The predicted molar refractivity (Wildman–Crippen MR) is 96.4 cm³/mol. The summed E-state index contributed by atoms with van der Waals surface area (Å²) >= 11 is 1.19. The maximum atomic E-state index is 12.2. The molecule has 0 spiro atoms. The topological polar surface area (TPSA) is 112 Å². The van der Waals surface area contributed by atoms with Gasteiger partial charge < -0.3 is 10.2 Å². The number of aromatic nitrogens is 1. The third-order valence-electron chi connectivity index (χ3n) is 3.17. The highest BCUT2D eigenvalue weighted by atomic mass is 32.2. The largest absolute Gasteiger partial charge is 0.508 e. The fraction of sp³-hybridized carbons (Fsp3) is 0. The van der Waals surface area contributed by atoms with Gasteiger partial charge in [0.1, 0.15) is 11.5 Å². The average molecular weight is 375 g/mol. The lowest BCUT2D eigenvalue weighted by molar-refractivity contribution is 0.450. The predicted octanol–water partition coefficient (Wildman–Crippen LogP) is 3.11. The van der Waals surface area contributed by atoms with Crippen molar-refractivity contribution in [1.82, 2.24) is 4.98 Å². The van der Waals surface area contributed by atoms with Gasteiger partial charge in [-0.25, -0.2) is 13.4 Å². The molecule has 0 aliphatic heterocycles. The first kappa shape index (κ1) is 16.9. The number of sulfonamides is 1. The first-order chi connectivity index (χ1) is 11.9. The number of benzene rings is 2. The van der Waals surface area contributed by atoms with Crippen LogP contribution >= 0.6 is 11.3 Å². The Morgan fingerprint density at radius 2 is 1.88 bits per heavy atom. The molecule has 0 atom stereocenters. The van der Waals surface area contributed by atoms with Crippen LogP contribution in [0.15, 0.2) is 63.9 Å². The Labute approximate surface area is 148 Å². The van der Waals surface area contributed by atoms with Crippen LogP contribution in [0.4, 0.5) is 10.8 Å². The summed E-state index contributed by atoms with van der Waals surface area (Å²) in [7, 11) is -3.70. The highest BCUT2D eigenvalue weighted by Crippen LogP contribution is 2.23. The smallest absolute Gasteiger partial charge is 0.263 e. The van der Waals surface area contributed by atoms with E-state index < -0.39 is 10.0 Å². The van der Waals surface area contributed by atoms with Gasteiger partial charge in [-0.15, -0.1) is 11.3 Å². The van der Waals surface area contributed by atoms with Crippen LogP contribution in [0, 0.1) is 0 Å². The zero-order valence-electron chi connectivity index (χ0n) is 12.7. The average Bonchev–Trinajstić information content (AvgIpc) is 3.07. The normalized spacial score (nSPS) is 11.7. The molecule has 9 heteroatoms. The number of nitrogens with zero attached hydrogens (tertiary/aromatic N) is 2. The number of anilines is 1. The molecule has 0 saturated carbocycles. The third-order valence-corrected chi connectivity index (χ3v) is 5.34. The van der Waals surface area contributed by atoms with Crippen molar-refractivity contribution in [2.24, 2.45) is 4.99 Å². The fourth-order valence-corrected chi connectivity index (χ4v) is 3.73. The number of aromatic hydroxyl groups is 2. The lowest BCUT2D eigenvalue weighted by Gasteiger charge is -2.05. The number of thiazole rings is 1. The Balaban J connectivity index is 1.77. The van der Waals surface area contributed by atoms with Crippen molar-refractivity contribution >= 4 is 38.4 Å². The molecule has 3 N–H and O–H groups in total. The van der Waals surface area contributed by atoms with Gasteiger partial charge in [0.2, 0.25) is 0 Å². The second-order valence-electron chi connectivity index (χ2n) is 4.94. The highest BCUT2D eigenvalue weighted by molar-refractivity contribution is 7.93. The molecule has 0 aliphatic rings. The Morgan fingerprint density at radius 1 is 1.12 bits per heavy atom. The minimum absolute atomic E-state index is 0.0445. The monoisotopic (exact) mass is 375 g/mol. The number of phenolic OH excluding ortho intramolecular Hbond substituents is 2. The second-order valence-corrected chi connectivity index (χ2v) is 7.51. The number of phenols is 2. The second kappa shape index (κ2) is 6.91. The number of aliphatic imine (C=N–C) groups is 1. The van der Waals surface area contributed by atoms with Crippen LogP contribution in [0.1, 0.15) is 5.56 Å². The van der Waals surface area contributed by atoms with Gasteiger partial charge >= 0.3 is 0 Å². The molecule has 128 valence electrons. The van der Waals surface area contributed by atoms with E-state index in [2.05, 4.69) is 14.7 Å². The lowest BCUT2D eigenvalue weighted by atomic mass is 10.2. The molecular formula is C16H13N3O4S2. The van der Waals surface area contributed by atoms with Crippen LogP contribution < -0.4 is 4.72 Å². The molecule has 1 aromatic heterocycles. The van der Waals surface area contributed by atoms with E-state index in [4.69, 9.17) is 0 Å². The lowest BCUT2D eigenvalue weighted by Crippen LogP contribution is -2.12. The first-order valence-electron chi connectivity index (χ1n) is 7.02. The van der Waals surface area contributed by atoms with Gasteiger partial charge in [-0.1, -0.05) is 0 Å². The van der Waals surface area contributed by atoms with E-state index in [0.29, 0.717) is 16.4 Å². The zero-order valence-corrected chi connectivity index (χ0v) is 14.3. The summed E-state index contributed by atoms with van der Waals surface area (Å²) in [5.74, 6) is -0.146. The SMILES string of the molecule is O=S(=O)(Nc1nccs1)c1ccc(N=Cc2ccc(O)cc2O)cc1. The van der Waals surface area contributed by atoms with E-state index >= 15 is 0 Å². The van der Waals surface area contributed by atoms with Crippen LogP contribution in [-0.2, 0) is 10.0 Å². The molecule has 0 unspecified atom stereocenters. The van der Waals surface area contributed by atoms with E-state index in [-0.39, 0.29) is 16.4 Å². The molecular weight excluding hydrogens is 362 g/mol. The van der Waals surface area contributed by atoms with E-state index in [1.165, 1.54) is 54.1 Å². The molecule has 7 nitrogen and oxygen atoms in total. The van der Waals surface area contributed by atoms with Gasteiger partial charge in [-0.2, -0.15) is 0 Å². The van der Waals surface area contributed by atoms with Gasteiger partial charge in [0, 0.05) is 29.4 Å². The molecule has 0 saturated heterocycles. The molecule has 2 aromatic carbocycles. The molecule has 0 fully saturated rings. The number of nitrogens with one attached hydrogen (secondary N) is 1. The van der Waals surface area contributed by atoms with E-state index in [0.717, 1.165) is 0 Å². The standard InChI is InChI=1S/C16H13N3O4S2/c20-13-4-1-11(15(21)9-13)10-18-12-2-5-14(6-3-12)25(22,23)19-16-17-7-8-24-16/h1-10,20-21H,(H,17,19). The Morgan fingerprint density at radius 3 is 2.52 bits per heavy atom. The maximum Gasteiger partial charge on any atom is 0.263 e. The molecule has 25 heavy (non-hydrogen) atoms. The Kier molecular flexibility index (Phi) is 4.68. The summed E-state index contributed by atoms with van der Waals surface area (Å²) in [5, 5.41) is 20.9. The number of rotatable bonds is 5. The van der Waals surface area contributed by atoms with Gasteiger partial charge in [-0.3, -0.25) is 9.71 Å². The van der Waals surface area contributed by atoms with Gasteiger partial charge in [-0.05, 0) is 36.4 Å². The van der Waals surface area contributed by atoms with Crippen LogP contribution in [0.5, 0.6) is 11.5 Å². The van der Waals surface area contributed by atoms with Crippen molar-refractivity contribution in [3.05, 3.63) is 59.6 Å². The molecule has 3 aromatic rings.